The fourth-order valence-electron chi connectivity index (χ4n) is 0.632. The zero-order valence-electron chi connectivity index (χ0n) is 4.55. The first-order valence-corrected chi connectivity index (χ1v) is 3.21. The molecule has 0 radical (unpaired) electrons. The minimum atomic E-state index is 0.335. The molecule has 0 aromatic carbocycles. The molecule has 0 amide bonds. The molecule has 1 unspecified atom stereocenters. The summed E-state index contributed by atoms with van der Waals surface area (Å²) in [4.78, 5) is 4.10. The van der Waals surface area contributed by atoms with E-state index in [1.54, 1.807) is 6.21 Å². The predicted octanol–water partition coefficient (Wildman–Crippen LogP) is 1.62. The summed E-state index contributed by atoms with van der Waals surface area (Å²) < 4.78 is 0. The van der Waals surface area contributed by atoms with Crippen LogP contribution in [0.4, 0.5) is 0 Å². The van der Waals surface area contributed by atoms with Crippen LogP contribution in [0.5, 0.6) is 0 Å². The van der Waals surface area contributed by atoms with Crippen LogP contribution in [0.3, 0.4) is 0 Å². The van der Waals surface area contributed by atoms with Crippen LogP contribution in [0.1, 0.15) is 6.42 Å². The summed E-state index contributed by atoms with van der Waals surface area (Å²) in [6, 6.07) is 0.335. The number of alkyl halides is 1. The monoisotopic (exact) mass is 129 g/mol. The highest BCUT2D eigenvalue weighted by atomic mass is 35.5. The van der Waals surface area contributed by atoms with E-state index in [4.69, 9.17) is 11.6 Å². The molecule has 0 N–H and O–H groups in total. The number of dihydropyridines is 1. The van der Waals surface area contributed by atoms with Gasteiger partial charge in [0, 0.05) is 12.1 Å². The topological polar surface area (TPSA) is 12.4 Å². The van der Waals surface area contributed by atoms with Gasteiger partial charge in [-0.3, -0.25) is 4.99 Å². The van der Waals surface area contributed by atoms with E-state index in [1.165, 1.54) is 0 Å². The van der Waals surface area contributed by atoms with Gasteiger partial charge in [0.05, 0.1) is 6.04 Å². The highest BCUT2D eigenvalue weighted by molar-refractivity contribution is 6.18. The van der Waals surface area contributed by atoms with Gasteiger partial charge in [-0.25, -0.2) is 0 Å². The first-order valence-electron chi connectivity index (χ1n) is 2.68. The molecule has 1 aliphatic heterocycles. The van der Waals surface area contributed by atoms with Gasteiger partial charge in [0.2, 0.25) is 0 Å². The van der Waals surface area contributed by atoms with Gasteiger partial charge in [-0.05, 0) is 12.5 Å². The Kier molecular flexibility index (Phi) is 2.10. The summed E-state index contributed by atoms with van der Waals surface area (Å²) in [6.07, 6.45) is 6.83. The molecule has 1 nitrogen and oxygen atoms in total. The van der Waals surface area contributed by atoms with Crippen molar-refractivity contribution in [3.8, 4) is 0 Å². The van der Waals surface area contributed by atoms with Crippen molar-refractivity contribution in [3.63, 3.8) is 0 Å². The van der Waals surface area contributed by atoms with Crippen LogP contribution in [0.15, 0.2) is 17.1 Å². The van der Waals surface area contributed by atoms with Gasteiger partial charge in [0.15, 0.2) is 0 Å². The van der Waals surface area contributed by atoms with E-state index in [0.717, 1.165) is 6.42 Å². The summed E-state index contributed by atoms with van der Waals surface area (Å²) in [6.45, 7) is 0. The molecule has 1 heterocycles. The van der Waals surface area contributed by atoms with Crippen molar-refractivity contribution in [1.29, 1.82) is 0 Å². The summed E-state index contributed by atoms with van der Waals surface area (Å²) >= 11 is 5.53. The highest BCUT2D eigenvalue weighted by Crippen LogP contribution is 2.04. The Labute approximate surface area is 54.1 Å². The van der Waals surface area contributed by atoms with Crippen molar-refractivity contribution in [3.05, 3.63) is 12.2 Å². The Hall–Kier alpha value is -0.300. The molecule has 0 fully saturated rings. The average molecular weight is 130 g/mol. The lowest BCUT2D eigenvalue weighted by Crippen LogP contribution is -2.06. The maximum absolute atomic E-state index is 5.53. The molecule has 0 aromatic rings. The SMILES string of the molecule is ClCC1CC=CC=N1. The first kappa shape index (κ1) is 5.83. The standard InChI is InChI=1S/C6H8ClN/c7-5-6-3-1-2-4-8-6/h1-2,4,6H,3,5H2. The molecule has 0 spiro atoms. The normalized spacial score (nSPS) is 26.4. The van der Waals surface area contributed by atoms with Crippen LogP contribution in [0.2, 0.25) is 0 Å². The molecule has 0 aliphatic carbocycles. The molecular formula is C6H8ClN. The van der Waals surface area contributed by atoms with Gasteiger partial charge < -0.3 is 0 Å². The van der Waals surface area contributed by atoms with Crippen LogP contribution in [-0.2, 0) is 0 Å². The number of nitrogens with zero attached hydrogens (tertiary/aromatic N) is 1. The summed E-state index contributed by atoms with van der Waals surface area (Å²) in [7, 11) is 0. The quantitative estimate of drug-likeness (QED) is 0.477. The summed E-state index contributed by atoms with van der Waals surface area (Å²) in [5, 5.41) is 0. The lowest BCUT2D eigenvalue weighted by molar-refractivity contribution is 0.764. The molecule has 2 heteroatoms. The van der Waals surface area contributed by atoms with Crippen molar-refractivity contribution in [2.24, 2.45) is 4.99 Å². The summed E-state index contributed by atoms with van der Waals surface area (Å²) in [5.74, 6) is 0.640. The van der Waals surface area contributed by atoms with E-state index in [1.807, 2.05) is 6.08 Å². The number of halogens is 1. The second-order valence-corrected chi connectivity index (χ2v) is 2.08. The van der Waals surface area contributed by atoms with Gasteiger partial charge in [0.1, 0.15) is 0 Å². The van der Waals surface area contributed by atoms with Gasteiger partial charge >= 0.3 is 0 Å². The van der Waals surface area contributed by atoms with Gasteiger partial charge in [-0.15, -0.1) is 11.6 Å². The third kappa shape index (κ3) is 1.34. The maximum atomic E-state index is 5.53. The van der Waals surface area contributed by atoms with E-state index in [-0.39, 0.29) is 0 Å². The molecule has 0 saturated carbocycles. The van der Waals surface area contributed by atoms with Gasteiger partial charge in [-0.1, -0.05) is 6.08 Å². The van der Waals surface area contributed by atoms with Crippen LogP contribution >= 0.6 is 11.6 Å². The number of rotatable bonds is 1. The van der Waals surface area contributed by atoms with E-state index in [9.17, 15) is 0 Å². The molecule has 1 aliphatic rings. The minimum absolute atomic E-state index is 0.335. The van der Waals surface area contributed by atoms with Crippen molar-refractivity contribution in [2.75, 3.05) is 5.88 Å². The predicted molar refractivity (Wildman–Crippen MR) is 36.8 cm³/mol. The Morgan fingerprint density at radius 1 is 1.75 bits per heavy atom. The first-order chi connectivity index (χ1) is 3.93. The Bertz CT molecular complexity index is 118. The van der Waals surface area contributed by atoms with Crippen LogP contribution in [0, 0.1) is 0 Å². The Balaban J connectivity index is 2.40. The smallest absolute Gasteiger partial charge is 0.0669 e. The molecule has 0 saturated heterocycles. The van der Waals surface area contributed by atoms with Gasteiger partial charge in [-0.2, -0.15) is 0 Å². The molecule has 8 heavy (non-hydrogen) atoms. The lowest BCUT2D eigenvalue weighted by Gasteiger charge is -2.05. The van der Waals surface area contributed by atoms with Crippen molar-refractivity contribution >= 4 is 17.8 Å². The fourth-order valence-corrected chi connectivity index (χ4v) is 0.837. The van der Waals surface area contributed by atoms with Crippen molar-refractivity contribution in [2.45, 2.75) is 12.5 Å². The fraction of sp³-hybridized carbons (Fsp3) is 0.500. The van der Waals surface area contributed by atoms with Crippen LogP contribution in [-0.4, -0.2) is 18.1 Å². The molecule has 0 bridgehead atoms. The molecule has 1 atom stereocenters. The molecular weight excluding hydrogens is 122 g/mol. The maximum Gasteiger partial charge on any atom is 0.0669 e. The van der Waals surface area contributed by atoms with Crippen molar-refractivity contribution < 1.29 is 0 Å². The van der Waals surface area contributed by atoms with Gasteiger partial charge in [0.25, 0.3) is 0 Å². The molecule has 1 rings (SSSR count). The number of aliphatic imine (C=N–C) groups is 1. The van der Waals surface area contributed by atoms with E-state index in [0.29, 0.717) is 11.9 Å². The van der Waals surface area contributed by atoms with Crippen molar-refractivity contribution in [1.82, 2.24) is 0 Å². The number of allylic oxidation sites excluding steroid dienone is 1. The largest absolute Gasteiger partial charge is 0.288 e. The average Bonchev–Trinajstić information content (AvgIpc) is 1.90. The second-order valence-electron chi connectivity index (χ2n) is 1.77. The lowest BCUT2D eigenvalue weighted by atomic mass is 10.2. The summed E-state index contributed by atoms with van der Waals surface area (Å²) in [5.41, 5.74) is 0. The Morgan fingerprint density at radius 2 is 2.62 bits per heavy atom. The zero-order chi connectivity index (χ0) is 5.82. The van der Waals surface area contributed by atoms with E-state index in [2.05, 4.69) is 11.1 Å². The highest BCUT2D eigenvalue weighted by Gasteiger charge is 2.01. The van der Waals surface area contributed by atoms with Crippen LogP contribution in [0.25, 0.3) is 0 Å². The molecule has 44 valence electrons. The zero-order valence-corrected chi connectivity index (χ0v) is 5.30. The number of hydrogen-bond acceptors (Lipinski definition) is 1. The second kappa shape index (κ2) is 2.88. The minimum Gasteiger partial charge on any atom is -0.288 e. The van der Waals surface area contributed by atoms with E-state index < -0.39 is 0 Å². The molecule has 0 aromatic heterocycles. The number of hydrogen-bond donors (Lipinski definition) is 0. The third-order valence-electron chi connectivity index (χ3n) is 1.11. The Morgan fingerprint density at radius 3 is 3.00 bits per heavy atom. The van der Waals surface area contributed by atoms with Crippen LogP contribution < -0.4 is 0 Å². The third-order valence-corrected chi connectivity index (χ3v) is 1.46. The van der Waals surface area contributed by atoms with E-state index >= 15 is 0 Å².